The van der Waals surface area contributed by atoms with E-state index in [2.05, 4.69) is 44.4 Å². The van der Waals surface area contributed by atoms with Crippen molar-refractivity contribution in [1.82, 2.24) is 9.80 Å². The van der Waals surface area contributed by atoms with E-state index in [1.165, 1.54) is 52.1 Å². The van der Waals surface area contributed by atoms with Crippen LogP contribution >= 0.6 is 0 Å². The van der Waals surface area contributed by atoms with Crippen LogP contribution < -0.4 is 0 Å². The van der Waals surface area contributed by atoms with Crippen LogP contribution in [0.4, 0.5) is 0 Å². The molecule has 0 amide bonds. The van der Waals surface area contributed by atoms with Gasteiger partial charge in [-0.1, -0.05) is 75.2 Å². The zero-order chi connectivity index (χ0) is 16.4. The Bertz CT molecular complexity index is 136. The summed E-state index contributed by atoms with van der Waals surface area (Å²) in [6.45, 7) is 26.8. The minimum Gasteiger partial charge on any atom is -0.301 e. The van der Waals surface area contributed by atoms with Gasteiger partial charge in [0.25, 0.3) is 0 Å². The highest BCUT2D eigenvalue weighted by atomic mass is 15.3. The minimum atomic E-state index is 0.818. The van der Waals surface area contributed by atoms with Crippen LogP contribution in [0.3, 0.4) is 0 Å². The largest absolute Gasteiger partial charge is 0.301 e. The highest BCUT2D eigenvalue weighted by Crippen LogP contribution is 2.04. The second-order valence-electron chi connectivity index (χ2n) is 5.13. The Labute approximate surface area is 130 Å². The summed E-state index contributed by atoms with van der Waals surface area (Å²) in [6, 6.07) is 0. The topological polar surface area (TPSA) is 6.48 Å². The molecule has 0 unspecified atom stereocenters. The van der Waals surface area contributed by atoms with Crippen LogP contribution in [0.1, 0.15) is 75.2 Å². The van der Waals surface area contributed by atoms with Gasteiger partial charge in [0.2, 0.25) is 0 Å². The highest BCUT2D eigenvalue weighted by molar-refractivity contribution is 4.71. The molecule has 2 heteroatoms. The van der Waals surface area contributed by atoms with Crippen molar-refractivity contribution in [3.63, 3.8) is 0 Å². The first kappa shape index (κ1) is 24.9. The standard InChI is InChI=1S/C10H22N2.C4H10.2C2H6/c1-4-11-5-7-12(8-6-11)9-10(2)3;1-3-4-2;2*1-2/h10H,4-9H2,1-3H3;3-4H2,1-2H3;2*1-2H3. The summed E-state index contributed by atoms with van der Waals surface area (Å²) >= 11 is 0. The summed E-state index contributed by atoms with van der Waals surface area (Å²) in [4.78, 5) is 5.10. The molecule has 0 spiro atoms. The van der Waals surface area contributed by atoms with E-state index in [4.69, 9.17) is 0 Å². The lowest BCUT2D eigenvalue weighted by molar-refractivity contribution is 0.127. The van der Waals surface area contributed by atoms with Crippen LogP contribution in [0.2, 0.25) is 0 Å². The van der Waals surface area contributed by atoms with Crippen molar-refractivity contribution >= 4 is 0 Å². The van der Waals surface area contributed by atoms with Gasteiger partial charge in [-0.15, -0.1) is 0 Å². The molecule has 0 radical (unpaired) electrons. The molecule has 126 valence electrons. The number of rotatable bonds is 4. The normalized spacial score (nSPS) is 15.3. The summed E-state index contributed by atoms with van der Waals surface area (Å²) in [5.41, 5.74) is 0. The molecule has 0 aromatic carbocycles. The van der Waals surface area contributed by atoms with Gasteiger partial charge in [-0.2, -0.15) is 0 Å². The lowest BCUT2D eigenvalue weighted by Gasteiger charge is -2.34. The summed E-state index contributed by atoms with van der Waals surface area (Å²) in [7, 11) is 0. The average Bonchev–Trinajstić information content (AvgIpc) is 2.52. The first-order valence-electron chi connectivity index (χ1n) is 9.08. The van der Waals surface area contributed by atoms with Gasteiger partial charge in [0.15, 0.2) is 0 Å². The number of hydrogen-bond donors (Lipinski definition) is 0. The molecule has 2 nitrogen and oxygen atoms in total. The fourth-order valence-corrected chi connectivity index (χ4v) is 1.80. The fraction of sp³-hybridized carbons (Fsp3) is 1.00. The minimum absolute atomic E-state index is 0.818. The molecule has 0 atom stereocenters. The molecule has 20 heavy (non-hydrogen) atoms. The molecule has 0 N–H and O–H groups in total. The van der Waals surface area contributed by atoms with Crippen LogP contribution in [0, 0.1) is 5.92 Å². The zero-order valence-corrected chi connectivity index (χ0v) is 16.1. The van der Waals surface area contributed by atoms with Crippen molar-refractivity contribution in [2.45, 2.75) is 75.2 Å². The summed E-state index contributed by atoms with van der Waals surface area (Å²) in [6.07, 6.45) is 2.64. The van der Waals surface area contributed by atoms with Crippen LogP contribution in [-0.4, -0.2) is 49.1 Å². The molecule has 1 aliphatic rings. The molecule has 1 rings (SSSR count). The Hall–Kier alpha value is -0.0800. The van der Waals surface area contributed by atoms with Gasteiger partial charge in [-0.05, 0) is 12.5 Å². The molecule has 1 fully saturated rings. The average molecular weight is 289 g/mol. The van der Waals surface area contributed by atoms with E-state index < -0.39 is 0 Å². The van der Waals surface area contributed by atoms with Crippen LogP contribution in [-0.2, 0) is 0 Å². The second-order valence-corrected chi connectivity index (χ2v) is 5.13. The molecule has 0 saturated carbocycles. The van der Waals surface area contributed by atoms with Crippen LogP contribution in [0.5, 0.6) is 0 Å². The van der Waals surface area contributed by atoms with E-state index in [9.17, 15) is 0 Å². The monoisotopic (exact) mass is 288 g/mol. The number of piperazine rings is 1. The highest BCUT2D eigenvalue weighted by Gasteiger charge is 2.15. The Balaban J connectivity index is -0.000000306. The van der Waals surface area contributed by atoms with Crippen molar-refractivity contribution in [2.24, 2.45) is 5.92 Å². The number of likely N-dealkylation sites (N-methyl/N-ethyl adjacent to an activating group) is 1. The van der Waals surface area contributed by atoms with Crippen molar-refractivity contribution in [2.75, 3.05) is 39.3 Å². The van der Waals surface area contributed by atoms with Crippen LogP contribution in [0.15, 0.2) is 0 Å². The molecular formula is C18H44N2. The van der Waals surface area contributed by atoms with Crippen molar-refractivity contribution in [3.05, 3.63) is 0 Å². The SMILES string of the molecule is CC.CC.CCCC.CCN1CCN(CC(C)C)CC1. The van der Waals surface area contributed by atoms with E-state index in [0.717, 1.165) is 5.92 Å². The molecule has 1 aliphatic heterocycles. The Morgan fingerprint density at radius 1 is 0.700 bits per heavy atom. The molecule has 1 saturated heterocycles. The van der Waals surface area contributed by atoms with E-state index in [1.807, 2.05) is 27.7 Å². The van der Waals surface area contributed by atoms with E-state index in [0.29, 0.717) is 0 Å². The predicted molar refractivity (Wildman–Crippen MR) is 96.7 cm³/mol. The Morgan fingerprint density at radius 2 is 1.05 bits per heavy atom. The summed E-state index contributed by atoms with van der Waals surface area (Å²) in [5, 5.41) is 0. The van der Waals surface area contributed by atoms with E-state index in [-0.39, 0.29) is 0 Å². The lowest BCUT2D eigenvalue weighted by atomic mass is 10.2. The van der Waals surface area contributed by atoms with Gasteiger partial charge in [-0.25, -0.2) is 0 Å². The van der Waals surface area contributed by atoms with Gasteiger partial charge in [-0.3, -0.25) is 0 Å². The maximum atomic E-state index is 2.58. The lowest BCUT2D eigenvalue weighted by Crippen LogP contribution is -2.47. The van der Waals surface area contributed by atoms with Crippen LogP contribution in [0.25, 0.3) is 0 Å². The molecule has 0 aromatic rings. The van der Waals surface area contributed by atoms with Gasteiger partial charge >= 0.3 is 0 Å². The first-order chi connectivity index (χ1) is 9.63. The molecule has 0 bridgehead atoms. The summed E-state index contributed by atoms with van der Waals surface area (Å²) in [5.74, 6) is 0.818. The fourth-order valence-electron chi connectivity index (χ4n) is 1.80. The Morgan fingerprint density at radius 3 is 1.30 bits per heavy atom. The zero-order valence-electron chi connectivity index (χ0n) is 16.1. The Kier molecular flexibility index (Phi) is 26.4. The number of unbranched alkanes of at least 4 members (excludes halogenated alkanes) is 1. The third kappa shape index (κ3) is 17.9. The smallest absolute Gasteiger partial charge is 0.0110 e. The van der Waals surface area contributed by atoms with Crippen molar-refractivity contribution in [3.8, 4) is 0 Å². The van der Waals surface area contributed by atoms with Gasteiger partial charge in [0.1, 0.15) is 0 Å². The molecule has 1 heterocycles. The molecule has 0 aromatic heterocycles. The van der Waals surface area contributed by atoms with Gasteiger partial charge in [0, 0.05) is 32.7 Å². The maximum absolute atomic E-state index is 2.58. The third-order valence-corrected chi connectivity index (χ3v) is 3.04. The molecule has 0 aliphatic carbocycles. The van der Waals surface area contributed by atoms with E-state index >= 15 is 0 Å². The number of hydrogen-bond acceptors (Lipinski definition) is 2. The second kappa shape index (κ2) is 21.2. The van der Waals surface area contributed by atoms with Crippen molar-refractivity contribution in [1.29, 1.82) is 0 Å². The maximum Gasteiger partial charge on any atom is 0.0110 e. The number of nitrogens with zero attached hydrogens (tertiary/aromatic N) is 2. The van der Waals surface area contributed by atoms with E-state index in [1.54, 1.807) is 0 Å². The van der Waals surface area contributed by atoms with Gasteiger partial charge in [0.05, 0.1) is 0 Å². The quantitative estimate of drug-likeness (QED) is 0.707. The first-order valence-corrected chi connectivity index (χ1v) is 9.08. The molecular weight excluding hydrogens is 244 g/mol. The summed E-state index contributed by atoms with van der Waals surface area (Å²) < 4.78 is 0. The third-order valence-electron chi connectivity index (χ3n) is 3.04. The van der Waals surface area contributed by atoms with Crippen molar-refractivity contribution < 1.29 is 0 Å². The predicted octanol–water partition coefficient (Wildman–Crippen LogP) is 5.14. The van der Waals surface area contributed by atoms with Gasteiger partial charge < -0.3 is 9.80 Å².